The molecule has 0 aliphatic carbocycles. The standard InChI is InChI=1S/C13H17N5/c1-13(8-14)4-7-18(9-13)11-3-2-10-12(17-11)16-6-5-15-10/h2-3,5-6H,4,7-9,14H2,1H3. The number of hydrogen-bond donors (Lipinski definition) is 1. The van der Waals surface area contributed by atoms with Crippen molar-refractivity contribution in [3.63, 3.8) is 0 Å². The normalized spacial score (nSPS) is 23.8. The number of rotatable bonds is 2. The lowest BCUT2D eigenvalue weighted by atomic mass is 9.90. The minimum absolute atomic E-state index is 0.207. The zero-order valence-corrected chi connectivity index (χ0v) is 10.5. The average Bonchev–Trinajstić information content (AvgIpc) is 2.82. The lowest BCUT2D eigenvalue weighted by Crippen LogP contribution is -2.31. The van der Waals surface area contributed by atoms with Crippen LogP contribution >= 0.6 is 0 Å². The van der Waals surface area contributed by atoms with Crippen LogP contribution in [-0.4, -0.2) is 34.6 Å². The van der Waals surface area contributed by atoms with Crippen LogP contribution in [-0.2, 0) is 0 Å². The topological polar surface area (TPSA) is 67.9 Å². The van der Waals surface area contributed by atoms with Crippen LogP contribution < -0.4 is 10.6 Å². The first kappa shape index (κ1) is 11.3. The van der Waals surface area contributed by atoms with Crippen molar-refractivity contribution in [2.45, 2.75) is 13.3 Å². The fraction of sp³-hybridized carbons (Fsp3) is 0.462. The summed E-state index contributed by atoms with van der Waals surface area (Å²) in [4.78, 5) is 15.3. The van der Waals surface area contributed by atoms with Crippen LogP contribution in [0, 0.1) is 5.41 Å². The van der Waals surface area contributed by atoms with Gasteiger partial charge in [-0.25, -0.2) is 9.97 Å². The summed E-state index contributed by atoms with van der Waals surface area (Å²) in [7, 11) is 0. The van der Waals surface area contributed by atoms with Gasteiger partial charge in [-0.3, -0.25) is 4.98 Å². The Morgan fingerprint density at radius 2 is 2.17 bits per heavy atom. The number of aromatic nitrogens is 3. The van der Waals surface area contributed by atoms with Crippen molar-refractivity contribution in [1.82, 2.24) is 15.0 Å². The number of fused-ring (bicyclic) bond motifs is 1. The molecule has 1 aliphatic heterocycles. The van der Waals surface area contributed by atoms with E-state index in [9.17, 15) is 0 Å². The molecule has 1 atom stereocenters. The van der Waals surface area contributed by atoms with Crippen LogP contribution in [0.25, 0.3) is 11.2 Å². The van der Waals surface area contributed by atoms with Crippen LogP contribution in [0.4, 0.5) is 5.82 Å². The Labute approximate surface area is 106 Å². The second kappa shape index (κ2) is 4.17. The summed E-state index contributed by atoms with van der Waals surface area (Å²) in [5.41, 5.74) is 7.58. The maximum Gasteiger partial charge on any atom is 0.180 e. The van der Waals surface area contributed by atoms with Crippen molar-refractivity contribution in [1.29, 1.82) is 0 Å². The molecule has 94 valence electrons. The van der Waals surface area contributed by atoms with Gasteiger partial charge in [0.2, 0.25) is 0 Å². The van der Waals surface area contributed by atoms with Gasteiger partial charge in [0.1, 0.15) is 11.3 Å². The molecule has 0 radical (unpaired) electrons. The van der Waals surface area contributed by atoms with Gasteiger partial charge in [-0.05, 0) is 30.5 Å². The first-order valence-corrected chi connectivity index (χ1v) is 6.23. The molecule has 0 saturated carbocycles. The molecule has 1 aliphatic rings. The molecule has 2 aromatic heterocycles. The maximum absolute atomic E-state index is 5.83. The van der Waals surface area contributed by atoms with E-state index in [2.05, 4.69) is 26.8 Å². The summed E-state index contributed by atoms with van der Waals surface area (Å²) in [6, 6.07) is 3.99. The third-order valence-corrected chi connectivity index (χ3v) is 3.69. The lowest BCUT2D eigenvalue weighted by molar-refractivity contribution is 0.383. The number of pyridine rings is 1. The third-order valence-electron chi connectivity index (χ3n) is 3.69. The lowest BCUT2D eigenvalue weighted by Gasteiger charge is -2.23. The molecule has 3 rings (SSSR count). The van der Waals surface area contributed by atoms with Crippen LogP contribution in [0.5, 0.6) is 0 Å². The smallest absolute Gasteiger partial charge is 0.180 e. The Morgan fingerprint density at radius 3 is 2.94 bits per heavy atom. The second-order valence-electron chi connectivity index (χ2n) is 5.25. The highest BCUT2D eigenvalue weighted by atomic mass is 15.2. The van der Waals surface area contributed by atoms with Crippen molar-refractivity contribution >= 4 is 17.0 Å². The Hall–Kier alpha value is -1.75. The van der Waals surface area contributed by atoms with Gasteiger partial charge < -0.3 is 10.6 Å². The van der Waals surface area contributed by atoms with E-state index in [1.54, 1.807) is 12.4 Å². The van der Waals surface area contributed by atoms with Gasteiger partial charge in [0.25, 0.3) is 0 Å². The van der Waals surface area contributed by atoms with Gasteiger partial charge in [0, 0.05) is 25.5 Å². The van der Waals surface area contributed by atoms with E-state index in [1.165, 1.54) is 0 Å². The second-order valence-corrected chi connectivity index (χ2v) is 5.25. The minimum Gasteiger partial charge on any atom is -0.356 e. The van der Waals surface area contributed by atoms with Gasteiger partial charge in [-0.2, -0.15) is 0 Å². The van der Waals surface area contributed by atoms with Crippen molar-refractivity contribution in [2.75, 3.05) is 24.5 Å². The van der Waals surface area contributed by atoms with Crippen molar-refractivity contribution in [2.24, 2.45) is 11.1 Å². The molecule has 0 bridgehead atoms. The summed E-state index contributed by atoms with van der Waals surface area (Å²) in [6.07, 6.45) is 4.47. The molecule has 1 fully saturated rings. The van der Waals surface area contributed by atoms with Crippen molar-refractivity contribution in [3.05, 3.63) is 24.5 Å². The monoisotopic (exact) mass is 243 g/mol. The fourth-order valence-electron chi connectivity index (χ4n) is 2.41. The minimum atomic E-state index is 0.207. The quantitative estimate of drug-likeness (QED) is 0.858. The number of hydrogen-bond acceptors (Lipinski definition) is 5. The molecule has 0 spiro atoms. The van der Waals surface area contributed by atoms with Gasteiger partial charge in [-0.15, -0.1) is 0 Å². The first-order chi connectivity index (χ1) is 8.70. The van der Waals surface area contributed by atoms with E-state index >= 15 is 0 Å². The van der Waals surface area contributed by atoms with E-state index in [4.69, 9.17) is 5.73 Å². The fourth-order valence-corrected chi connectivity index (χ4v) is 2.41. The Balaban J connectivity index is 1.91. The summed E-state index contributed by atoms with van der Waals surface area (Å²) in [5.74, 6) is 0.972. The van der Waals surface area contributed by atoms with E-state index in [-0.39, 0.29) is 5.41 Å². The van der Waals surface area contributed by atoms with E-state index < -0.39 is 0 Å². The predicted octanol–water partition coefficient (Wildman–Crippen LogP) is 1.20. The Bertz CT molecular complexity index is 570. The van der Waals surface area contributed by atoms with Gasteiger partial charge in [0.05, 0.1) is 0 Å². The molecule has 3 heterocycles. The summed E-state index contributed by atoms with van der Waals surface area (Å²) >= 11 is 0. The zero-order chi connectivity index (χ0) is 12.6. The first-order valence-electron chi connectivity index (χ1n) is 6.23. The highest BCUT2D eigenvalue weighted by Crippen LogP contribution is 2.31. The molecule has 2 N–H and O–H groups in total. The molecule has 5 heteroatoms. The summed E-state index contributed by atoms with van der Waals surface area (Å²) in [5, 5.41) is 0. The van der Waals surface area contributed by atoms with E-state index in [0.29, 0.717) is 5.65 Å². The Morgan fingerprint density at radius 1 is 1.33 bits per heavy atom. The average molecular weight is 243 g/mol. The molecule has 0 aromatic carbocycles. The summed E-state index contributed by atoms with van der Waals surface area (Å²) in [6.45, 7) is 4.92. The van der Waals surface area contributed by atoms with Crippen molar-refractivity contribution < 1.29 is 0 Å². The van der Waals surface area contributed by atoms with Gasteiger partial charge >= 0.3 is 0 Å². The van der Waals surface area contributed by atoms with Crippen molar-refractivity contribution in [3.8, 4) is 0 Å². The Kier molecular flexibility index (Phi) is 2.63. The maximum atomic E-state index is 5.83. The predicted molar refractivity (Wildman–Crippen MR) is 71.3 cm³/mol. The van der Waals surface area contributed by atoms with E-state index in [1.807, 2.05) is 12.1 Å². The molecule has 2 aromatic rings. The highest BCUT2D eigenvalue weighted by molar-refractivity contribution is 5.71. The van der Waals surface area contributed by atoms with Crippen LogP contribution in [0.3, 0.4) is 0 Å². The number of anilines is 1. The van der Waals surface area contributed by atoms with E-state index in [0.717, 1.165) is 37.4 Å². The molecular formula is C13H17N5. The molecule has 0 amide bonds. The van der Waals surface area contributed by atoms with Gasteiger partial charge in [-0.1, -0.05) is 6.92 Å². The van der Waals surface area contributed by atoms with Crippen LogP contribution in [0.1, 0.15) is 13.3 Å². The molecular weight excluding hydrogens is 226 g/mol. The van der Waals surface area contributed by atoms with Crippen LogP contribution in [0.2, 0.25) is 0 Å². The molecule has 1 unspecified atom stereocenters. The SMILES string of the molecule is CC1(CN)CCN(c2ccc3nccnc3n2)C1. The largest absolute Gasteiger partial charge is 0.356 e. The highest BCUT2D eigenvalue weighted by Gasteiger charge is 2.33. The zero-order valence-electron chi connectivity index (χ0n) is 10.5. The molecule has 18 heavy (non-hydrogen) atoms. The van der Waals surface area contributed by atoms with Crippen LogP contribution in [0.15, 0.2) is 24.5 Å². The van der Waals surface area contributed by atoms with Gasteiger partial charge in [0.15, 0.2) is 5.65 Å². The number of nitrogens with zero attached hydrogens (tertiary/aromatic N) is 4. The third kappa shape index (κ3) is 1.90. The summed E-state index contributed by atoms with van der Waals surface area (Å²) < 4.78 is 0. The number of nitrogens with two attached hydrogens (primary N) is 1. The molecule has 5 nitrogen and oxygen atoms in total. The molecule has 1 saturated heterocycles.